The minimum Gasteiger partial charge on any atom is -0.360 e. The minimum absolute atomic E-state index is 0.149. The van der Waals surface area contributed by atoms with Crippen molar-refractivity contribution < 1.29 is 4.79 Å². The second-order valence-corrected chi connectivity index (χ2v) is 7.97. The molecule has 0 fully saturated rings. The van der Waals surface area contributed by atoms with Crippen LogP contribution in [0.2, 0.25) is 0 Å². The maximum atomic E-state index is 12.4. The Hall–Kier alpha value is -3.74. The number of carbonyl (C=O) groups excluding carboxylic acids is 1. The van der Waals surface area contributed by atoms with Gasteiger partial charge in [-0.2, -0.15) is 0 Å². The van der Waals surface area contributed by atoms with Crippen molar-refractivity contribution >= 4 is 29.0 Å². The molecule has 0 radical (unpaired) electrons. The van der Waals surface area contributed by atoms with Gasteiger partial charge in [0.1, 0.15) is 17.5 Å². The van der Waals surface area contributed by atoms with E-state index in [1.807, 2.05) is 51.1 Å². The summed E-state index contributed by atoms with van der Waals surface area (Å²) in [6, 6.07) is 12.9. The highest BCUT2D eigenvalue weighted by Crippen LogP contribution is 2.25. The summed E-state index contributed by atoms with van der Waals surface area (Å²) in [6.45, 7) is 5.77. The summed E-state index contributed by atoms with van der Waals surface area (Å²) in [5.41, 5.74) is 0.149. The molecule has 3 rings (SSSR count). The number of aromatic nitrogens is 1. The van der Waals surface area contributed by atoms with Gasteiger partial charge in [-0.1, -0.05) is 51.1 Å². The van der Waals surface area contributed by atoms with Crippen LogP contribution in [0.3, 0.4) is 0 Å². The zero-order chi connectivity index (χ0) is 21.7. The summed E-state index contributed by atoms with van der Waals surface area (Å²) < 4.78 is 0. The number of anilines is 3. The minimum atomic E-state index is -0.621. The van der Waals surface area contributed by atoms with Crippen LogP contribution in [-0.2, 0) is 4.79 Å². The molecular formula is C23H24N4O3. The van der Waals surface area contributed by atoms with Crippen molar-refractivity contribution in [3.8, 4) is 0 Å². The monoisotopic (exact) mass is 404 g/mol. The number of rotatable bonds is 7. The summed E-state index contributed by atoms with van der Waals surface area (Å²) in [5, 5.41) is 8.83. The van der Waals surface area contributed by atoms with E-state index in [1.54, 1.807) is 30.6 Å². The summed E-state index contributed by atoms with van der Waals surface area (Å²) in [5.74, 6) is -0.313. The highest BCUT2D eigenvalue weighted by atomic mass is 16.2. The van der Waals surface area contributed by atoms with Gasteiger partial charge in [0.15, 0.2) is 0 Å². The third-order valence-electron chi connectivity index (χ3n) is 4.51. The third-order valence-corrected chi connectivity index (χ3v) is 4.51. The maximum Gasteiger partial charge on any atom is 0.253 e. The molecule has 3 aromatic rings. The first-order chi connectivity index (χ1) is 14.3. The molecular weight excluding hydrogens is 380 g/mol. The van der Waals surface area contributed by atoms with Crippen LogP contribution < -0.4 is 26.8 Å². The van der Waals surface area contributed by atoms with Gasteiger partial charge in [0.25, 0.3) is 10.9 Å². The van der Waals surface area contributed by atoms with E-state index in [-0.39, 0.29) is 17.3 Å². The zero-order valence-corrected chi connectivity index (χ0v) is 17.1. The fourth-order valence-corrected chi connectivity index (χ4v) is 2.77. The predicted octanol–water partition coefficient (Wildman–Crippen LogP) is 3.03. The van der Waals surface area contributed by atoms with E-state index in [2.05, 4.69) is 20.9 Å². The number of hydrogen-bond acceptors (Lipinski definition) is 6. The van der Waals surface area contributed by atoms with Crippen molar-refractivity contribution in [2.24, 2.45) is 5.41 Å². The van der Waals surface area contributed by atoms with Crippen molar-refractivity contribution in [3.63, 3.8) is 0 Å². The Bertz CT molecular complexity index is 1110. The molecule has 2 aromatic carbocycles. The quantitative estimate of drug-likeness (QED) is 0.318. The van der Waals surface area contributed by atoms with Crippen molar-refractivity contribution in [2.75, 3.05) is 10.6 Å². The average molecular weight is 404 g/mol. The van der Waals surface area contributed by atoms with Gasteiger partial charge in [-0.15, -0.1) is 0 Å². The van der Waals surface area contributed by atoms with E-state index >= 15 is 0 Å². The summed E-state index contributed by atoms with van der Waals surface area (Å²) in [6.07, 6.45) is 5.73. The molecule has 3 N–H and O–H groups in total. The summed E-state index contributed by atoms with van der Waals surface area (Å²) in [4.78, 5) is 40.7. The number of carbonyl (C=O) groups is 1. The Morgan fingerprint density at radius 1 is 1.00 bits per heavy atom. The highest BCUT2D eigenvalue weighted by Gasteiger charge is 2.30. The van der Waals surface area contributed by atoms with Crippen molar-refractivity contribution in [3.05, 3.63) is 86.9 Å². The van der Waals surface area contributed by atoms with Crippen molar-refractivity contribution in [1.29, 1.82) is 0 Å². The number of nitrogens with zero attached hydrogens (tertiary/aromatic N) is 1. The van der Waals surface area contributed by atoms with Crippen molar-refractivity contribution in [2.45, 2.75) is 26.9 Å². The first-order valence-corrected chi connectivity index (χ1v) is 9.56. The van der Waals surface area contributed by atoms with Gasteiger partial charge in [0.05, 0.1) is 11.9 Å². The van der Waals surface area contributed by atoms with Gasteiger partial charge < -0.3 is 16.0 Å². The highest BCUT2D eigenvalue weighted by molar-refractivity contribution is 5.92. The Morgan fingerprint density at radius 2 is 1.70 bits per heavy atom. The number of benzene rings is 1. The molecule has 7 heteroatoms. The van der Waals surface area contributed by atoms with Gasteiger partial charge >= 0.3 is 0 Å². The lowest BCUT2D eigenvalue weighted by molar-refractivity contribution is -0.117. The first kappa shape index (κ1) is 21.0. The normalized spacial score (nSPS) is 12.6. The lowest BCUT2D eigenvalue weighted by Gasteiger charge is -2.33. The molecule has 1 unspecified atom stereocenters. The number of amides is 1. The third kappa shape index (κ3) is 5.00. The molecule has 1 heterocycles. The molecule has 1 aromatic heterocycles. The average Bonchev–Trinajstić information content (AvgIpc) is 2.74. The molecule has 1 amide bonds. The van der Waals surface area contributed by atoms with Gasteiger partial charge in [-0.05, 0) is 23.8 Å². The first-order valence-electron chi connectivity index (χ1n) is 9.56. The van der Waals surface area contributed by atoms with Gasteiger partial charge in [0, 0.05) is 17.7 Å². The van der Waals surface area contributed by atoms with Crippen LogP contribution in [0.1, 0.15) is 26.3 Å². The van der Waals surface area contributed by atoms with Crippen molar-refractivity contribution in [1.82, 2.24) is 10.3 Å². The van der Waals surface area contributed by atoms with Crippen LogP contribution in [0.5, 0.6) is 0 Å². The molecule has 1 atom stereocenters. The standard InChI is InChI=1S/C23H24N4O3/c1-23(2,3)22(26-17(28)12-11-15-8-5-4-6-9-15)27-19-18(20(29)21(19)30)25-16-10-7-13-24-14-16/h4-14,22,25,27H,1-3H3,(H,26,28). The molecule has 0 saturated heterocycles. The van der Waals surface area contributed by atoms with E-state index in [0.29, 0.717) is 5.69 Å². The molecule has 0 aliphatic carbocycles. The van der Waals surface area contributed by atoms with Gasteiger partial charge in [-0.25, -0.2) is 0 Å². The molecule has 0 aliphatic rings. The fraction of sp³-hybridized carbons (Fsp3) is 0.217. The number of nitrogens with one attached hydrogen (secondary N) is 3. The molecule has 0 bridgehead atoms. The van der Waals surface area contributed by atoms with Crippen LogP contribution >= 0.6 is 0 Å². The Balaban J connectivity index is 1.75. The molecule has 7 nitrogen and oxygen atoms in total. The number of pyridine rings is 1. The van der Waals surface area contributed by atoms with E-state index in [1.165, 1.54) is 6.08 Å². The van der Waals surface area contributed by atoms with Gasteiger partial charge in [0.2, 0.25) is 5.91 Å². The lowest BCUT2D eigenvalue weighted by atomic mass is 9.91. The van der Waals surface area contributed by atoms with Crippen LogP contribution in [-0.4, -0.2) is 17.1 Å². The zero-order valence-electron chi connectivity index (χ0n) is 17.1. The van der Waals surface area contributed by atoms with E-state index in [4.69, 9.17) is 0 Å². The Labute approximate surface area is 174 Å². The Kier molecular flexibility index (Phi) is 6.11. The molecule has 30 heavy (non-hydrogen) atoms. The molecule has 0 spiro atoms. The molecule has 0 saturated carbocycles. The molecule has 154 valence electrons. The van der Waals surface area contributed by atoms with E-state index < -0.39 is 22.4 Å². The van der Waals surface area contributed by atoms with Crippen LogP contribution in [0.4, 0.5) is 17.1 Å². The SMILES string of the molecule is CC(C)(C)C(NC(=O)C=Cc1ccccc1)Nc1c(Nc2cccnc2)c(=O)c1=O. The summed E-state index contributed by atoms with van der Waals surface area (Å²) in [7, 11) is 0. The van der Waals surface area contributed by atoms with Crippen LogP contribution in [0.15, 0.2) is 70.5 Å². The van der Waals surface area contributed by atoms with Crippen LogP contribution in [0, 0.1) is 5.41 Å². The second-order valence-electron chi connectivity index (χ2n) is 7.97. The Morgan fingerprint density at radius 3 is 2.33 bits per heavy atom. The van der Waals surface area contributed by atoms with Gasteiger partial charge in [-0.3, -0.25) is 19.4 Å². The van der Waals surface area contributed by atoms with Crippen LogP contribution in [0.25, 0.3) is 6.08 Å². The van der Waals surface area contributed by atoms with E-state index in [0.717, 1.165) is 5.56 Å². The smallest absolute Gasteiger partial charge is 0.253 e. The fourth-order valence-electron chi connectivity index (χ4n) is 2.77. The summed E-state index contributed by atoms with van der Waals surface area (Å²) >= 11 is 0. The molecule has 0 aliphatic heterocycles. The second kappa shape index (κ2) is 8.73. The topological polar surface area (TPSA) is 100 Å². The predicted molar refractivity (Wildman–Crippen MR) is 119 cm³/mol. The maximum absolute atomic E-state index is 12.4. The lowest BCUT2D eigenvalue weighted by Crippen LogP contribution is -2.51. The largest absolute Gasteiger partial charge is 0.360 e. The number of hydrogen-bond donors (Lipinski definition) is 3. The van der Waals surface area contributed by atoms with E-state index in [9.17, 15) is 14.4 Å².